The molecule has 0 radical (unpaired) electrons. The van der Waals surface area contributed by atoms with Gasteiger partial charge >= 0.3 is 12.1 Å². The average Bonchev–Trinajstić information content (AvgIpc) is 2.86. The minimum atomic E-state index is -4.38. The van der Waals surface area contributed by atoms with Crippen molar-refractivity contribution in [3.8, 4) is 11.1 Å². The lowest BCUT2D eigenvalue weighted by Gasteiger charge is -2.22. The lowest BCUT2D eigenvalue weighted by molar-refractivity contribution is -0.146. The third-order valence-electron chi connectivity index (χ3n) is 5.65. The van der Waals surface area contributed by atoms with E-state index in [0.29, 0.717) is 17.3 Å². The summed E-state index contributed by atoms with van der Waals surface area (Å²) in [6, 6.07) is 15.7. The number of halogens is 3. The Hall–Kier alpha value is -3.92. The summed E-state index contributed by atoms with van der Waals surface area (Å²) in [6.07, 6.45) is -3.95. The van der Waals surface area contributed by atoms with Gasteiger partial charge < -0.3 is 20.8 Å². The van der Waals surface area contributed by atoms with Crippen LogP contribution in [0.5, 0.6) is 0 Å². The van der Waals surface area contributed by atoms with Crippen molar-refractivity contribution in [2.45, 2.75) is 38.6 Å². The van der Waals surface area contributed by atoms with Gasteiger partial charge in [-0.15, -0.1) is 0 Å². The van der Waals surface area contributed by atoms with E-state index >= 15 is 0 Å². The molecule has 10 heteroatoms. The van der Waals surface area contributed by atoms with Gasteiger partial charge in [0, 0.05) is 6.20 Å². The van der Waals surface area contributed by atoms with Crippen molar-refractivity contribution in [1.82, 2.24) is 10.3 Å². The van der Waals surface area contributed by atoms with Crippen LogP contribution in [0, 0.1) is 5.92 Å². The first-order valence-corrected chi connectivity index (χ1v) is 11.6. The van der Waals surface area contributed by atoms with Crippen molar-refractivity contribution in [2.75, 3.05) is 11.9 Å². The number of aliphatic carboxylic acids is 1. The number of carbonyl (C=O) groups excluding carboxylic acids is 1. The second-order valence-electron chi connectivity index (χ2n) is 9.02. The van der Waals surface area contributed by atoms with Gasteiger partial charge in [-0.3, -0.25) is 4.79 Å². The maximum Gasteiger partial charge on any atom is 0.416 e. The number of hydrogen-bond donors (Lipinski definition) is 4. The van der Waals surface area contributed by atoms with Crippen LogP contribution in [0.4, 0.5) is 19.0 Å². The standard InChI is InChI=1S/C27H28F3N3O4/c1-16(2)13-22(33-24-12-9-20(14-31-24)25(35)32-15-23(34)26(36)37)19-5-3-17(4-6-19)18-7-10-21(11-8-18)27(28,29)30/h3-12,14,16,22-23,34H,13,15H2,1-2H3,(H,31,33)(H,32,35)(H,36,37)/t22?,23-/m1/s1. The Bertz CT molecular complexity index is 1200. The fraction of sp³-hybridized carbons (Fsp3) is 0.296. The maximum atomic E-state index is 12.8. The first-order chi connectivity index (χ1) is 17.4. The largest absolute Gasteiger partial charge is 0.479 e. The number of carboxylic acids is 1. The van der Waals surface area contributed by atoms with Crippen molar-refractivity contribution in [1.29, 1.82) is 0 Å². The molecule has 3 rings (SSSR count). The Kier molecular flexibility index (Phi) is 8.88. The predicted octanol–water partition coefficient (Wildman–Crippen LogP) is 5.14. The summed E-state index contributed by atoms with van der Waals surface area (Å²) in [5.41, 5.74) is 1.96. The summed E-state index contributed by atoms with van der Waals surface area (Å²) in [7, 11) is 0. The number of aliphatic hydroxyl groups is 1. The van der Waals surface area contributed by atoms with E-state index in [1.54, 1.807) is 6.07 Å². The van der Waals surface area contributed by atoms with Crippen molar-refractivity contribution >= 4 is 17.7 Å². The Morgan fingerprint density at radius 1 is 0.946 bits per heavy atom. The van der Waals surface area contributed by atoms with Crippen LogP contribution in [0.3, 0.4) is 0 Å². The van der Waals surface area contributed by atoms with Crippen LogP contribution in [-0.2, 0) is 11.0 Å². The minimum absolute atomic E-state index is 0.112. The molecule has 1 heterocycles. The highest BCUT2D eigenvalue weighted by Crippen LogP contribution is 2.32. The molecule has 3 aromatic rings. The summed E-state index contributed by atoms with van der Waals surface area (Å²) in [4.78, 5) is 27.1. The van der Waals surface area contributed by atoms with Gasteiger partial charge in [-0.05, 0) is 53.3 Å². The lowest BCUT2D eigenvalue weighted by Crippen LogP contribution is -2.36. The average molecular weight is 516 g/mol. The van der Waals surface area contributed by atoms with E-state index in [1.165, 1.54) is 24.4 Å². The quantitative estimate of drug-likeness (QED) is 0.298. The number of aliphatic hydroxyl groups excluding tert-OH is 1. The van der Waals surface area contributed by atoms with E-state index < -0.39 is 36.3 Å². The van der Waals surface area contributed by atoms with Gasteiger partial charge in [0.05, 0.1) is 23.7 Å². The Labute approximate surface area is 212 Å². The van der Waals surface area contributed by atoms with Gasteiger partial charge in [-0.25, -0.2) is 9.78 Å². The van der Waals surface area contributed by atoms with Gasteiger partial charge in [0.25, 0.3) is 5.91 Å². The molecule has 37 heavy (non-hydrogen) atoms. The number of anilines is 1. The number of amides is 1. The minimum Gasteiger partial charge on any atom is -0.479 e. The van der Waals surface area contributed by atoms with E-state index in [9.17, 15) is 27.9 Å². The highest BCUT2D eigenvalue weighted by molar-refractivity contribution is 5.94. The first-order valence-electron chi connectivity index (χ1n) is 11.6. The molecule has 2 atom stereocenters. The fourth-order valence-corrected chi connectivity index (χ4v) is 3.68. The highest BCUT2D eigenvalue weighted by Gasteiger charge is 2.30. The van der Waals surface area contributed by atoms with E-state index in [-0.39, 0.29) is 11.6 Å². The lowest BCUT2D eigenvalue weighted by atomic mass is 9.94. The zero-order chi connectivity index (χ0) is 27.2. The Balaban J connectivity index is 1.70. The molecule has 1 amide bonds. The molecule has 2 aromatic carbocycles. The molecule has 1 unspecified atom stereocenters. The molecule has 0 bridgehead atoms. The second kappa shape index (κ2) is 11.9. The van der Waals surface area contributed by atoms with Crippen LogP contribution in [0.25, 0.3) is 11.1 Å². The number of carboxylic acid groups (broad SMARTS) is 1. The van der Waals surface area contributed by atoms with Crippen LogP contribution in [0.15, 0.2) is 66.9 Å². The second-order valence-corrected chi connectivity index (χ2v) is 9.02. The SMILES string of the molecule is CC(C)CC(Nc1ccc(C(=O)NC[C@@H](O)C(=O)O)cn1)c1ccc(-c2ccc(C(F)(F)F)cc2)cc1. The topological polar surface area (TPSA) is 112 Å². The number of hydrogen-bond acceptors (Lipinski definition) is 5. The van der Waals surface area contributed by atoms with E-state index in [2.05, 4.69) is 29.5 Å². The summed E-state index contributed by atoms with van der Waals surface area (Å²) < 4.78 is 38.5. The van der Waals surface area contributed by atoms with E-state index in [1.807, 2.05) is 24.3 Å². The van der Waals surface area contributed by atoms with Crippen molar-refractivity contribution in [3.63, 3.8) is 0 Å². The molecule has 4 N–H and O–H groups in total. The molecule has 0 fully saturated rings. The van der Waals surface area contributed by atoms with Crippen LogP contribution in [0.1, 0.15) is 47.8 Å². The van der Waals surface area contributed by atoms with Crippen LogP contribution in [-0.4, -0.2) is 39.7 Å². The molecule has 7 nitrogen and oxygen atoms in total. The number of pyridine rings is 1. The number of rotatable bonds is 10. The zero-order valence-electron chi connectivity index (χ0n) is 20.3. The van der Waals surface area contributed by atoms with Gasteiger partial charge in [0.2, 0.25) is 0 Å². The van der Waals surface area contributed by atoms with E-state index in [0.717, 1.165) is 29.7 Å². The number of aromatic nitrogens is 1. The van der Waals surface area contributed by atoms with Crippen molar-refractivity contribution < 1.29 is 33.0 Å². The fourth-order valence-electron chi connectivity index (χ4n) is 3.68. The number of carbonyl (C=O) groups is 2. The number of nitrogens with one attached hydrogen (secondary N) is 2. The summed E-state index contributed by atoms with van der Waals surface area (Å²) >= 11 is 0. The maximum absolute atomic E-state index is 12.8. The number of nitrogens with zero attached hydrogens (tertiary/aromatic N) is 1. The van der Waals surface area contributed by atoms with Crippen LogP contribution < -0.4 is 10.6 Å². The van der Waals surface area contributed by atoms with Crippen LogP contribution >= 0.6 is 0 Å². The molecular formula is C27H28F3N3O4. The molecule has 1 aromatic heterocycles. The summed E-state index contributed by atoms with van der Waals surface area (Å²) in [5, 5.41) is 23.7. The van der Waals surface area contributed by atoms with Crippen molar-refractivity contribution in [3.05, 3.63) is 83.6 Å². The molecule has 0 spiro atoms. The third kappa shape index (κ3) is 7.78. The first kappa shape index (κ1) is 27.7. The van der Waals surface area contributed by atoms with Crippen molar-refractivity contribution in [2.24, 2.45) is 5.92 Å². The molecule has 0 aliphatic rings. The zero-order valence-corrected chi connectivity index (χ0v) is 20.3. The van der Waals surface area contributed by atoms with E-state index in [4.69, 9.17) is 5.11 Å². The predicted molar refractivity (Wildman–Crippen MR) is 133 cm³/mol. The molecule has 196 valence electrons. The van der Waals surface area contributed by atoms with Gasteiger partial charge in [-0.2, -0.15) is 13.2 Å². The number of alkyl halides is 3. The molecule has 0 aliphatic carbocycles. The molecule has 0 saturated carbocycles. The van der Waals surface area contributed by atoms with Crippen LogP contribution in [0.2, 0.25) is 0 Å². The monoisotopic (exact) mass is 515 g/mol. The molecule has 0 aliphatic heterocycles. The molecule has 0 saturated heterocycles. The third-order valence-corrected chi connectivity index (χ3v) is 5.65. The van der Waals surface area contributed by atoms with Gasteiger partial charge in [-0.1, -0.05) is 50.2 Å². The highest BCUT2D eigenvalue weighted by atomic mass is 19.4. The van der Waals surface area contributed by atoms with Gasteiger partial charge in [0.1, 0.15) is 5.82 Å². The van der Waals surface area contributed by atoms with Gasteiger partial charge in [0.15, 0.2) is 6.10 Å². The summed E-state index contributed by atoms with van der Waals surface area (Å²) in [5.74, 6) is -1.11. The number of benzene rings is 2. The Morgan fingerprint density at radius 3 is 2.03 bits per heavy atom. The summed E-state index contributed by atoms with van der Waals surface area (Å²) in [6.45, 7) is 3.74. The molecular weight excluding hydrogens is 487 g/mol. The normalized spacial score (nSPS) is 13.2. The smallest absolute Gasteiger partial charge is 0.416 e. The Morgan fingerprint density at radius 2 is 1.54 bits per heavy atom.